The van der Waals surface area contributed by atoms with Gasteiger partial charge >= 0.3 is 0 Å². The molecule has 2 heterocycles. The topological polar surface area (TPSA) is 121 Å². The van der Waals surface area contributed by atoms with Gasteiger partial charge in [-0.15, -0.1) is 0 Å². The predicted molar refractivity (Wildman–Crippen MR) is 148 cm³/mol. The highest BCUT2D eigenvalue weighted by molar-refractivity contribution is 7.89. The molecule has 9 nitrogen and oxygen atoms in total. The first-order valence-corrected chi connectivity index (χ1v) is 15.3. The summed E-state index contributed by atoms with van der Waals surface area (Å²) in [7, 11) is -3.62. The Hall–Kier alpha value is -2.60. The summed E-state index contributed by atoms with van der Waals surface area (Å²) in [6.07, 6.45) is 5.18. The maximum atomic E-state index is 14.4. The van der Waals surface area contributed by atoms with Crippen LogP contribution in [0.25, 0.3) is 0 Å². The molecule has 0 aliphatic carbocycles. The van der Waals surface area contributed by atoms with Gasteiger partial charge in [0.1, 0.15) is 11.6 Å². The van der Waals surface area contributed by atoms with Crippen molar-refractivity contribution in [2.24, 2.45) is 0 Å². The van der Waals surface area contributed by atoms with Crippen LogP contribution in [0.1, 0.15) is 56.2 Å². The molecule has 1 aromatic heterocycles. The molecule has 2 bridgehead atoms. The molecule has 1 aliphatic rings. The van der Waals surface area contributed by atoms with Crippen LogP contribution in [-0.2, 0) is 34.2 Å². The number of hydrogen-bond donors (Lipinski definition) is 3. The summed E-state index contributed by atoms with van der Waals surface area (Å²) in [6.45, 7) is 5.62. The SMILES string of the molecule is CCCN1CCCCOc2cc(F)cc(c2)C[C@@H]([C@H](O)CNCc2cncc(CC)c2)NC(=O)CCS1(=O)=O. The fourth-order valence-corrected chi connectivity index (χ4v) is 6.12. The molecule has 11 heteroatoms. The van der Waals surface area contributed by atoms with Crippen LogP contribution in [0.2, 0.25) is 0 Å². The molecule has 2 aromatic rings. The average molecular weight is 565 g/mol. The van der Waals surface area contributed by atoms with Crippen molar-refractivity contribution in [1.82, 2.24) is 19.9 Å². The Balaban J connectivity index is 1.76. The number of pyridine rings is 1. The van der Waals surface area contributed by atoms with E-state index in [0.29, 0.717) is 56.8 Å². The Kier molecular flexibility index (Phi) is 12.1. The lowest BCUT2D eigenvalue weighted by Gasteiger charge is -2.26. The van der Waals surface area contributed by atoms with Crippen LogP contribution >= 0.6 is 0 Å². The summed E-state index contributed by atoms with van der Waals surface area (Å²) < 4.78 is 47.5. The number of nitrogens with zero attached hydrogens (tertiary/aromatic N) is 2. The molecule has 1 aromatic carbocycles. The lowest BCUT2D eigenvalue weighted by atomic mass is 10.00. The van der Waals surface area contributed by atoms with Crippen LogP contribution in [0, 0.1) is 5.82 Å². The van der Waals surface area contributed by atoms with Gasteiger partial charge in [0.2, 0.25) is 15.9 Å². The molecule has 0 fully saturated rings. The van der Waals surface area contributed by atoms with Gasteiger partial charge in [-0.25, -0.2) is 17.1 Å². The molecule has 2 atom stereocenters. The van der Waals surface area contributed by atoms with E-state index in [9.17, 15) is 22.7 Å². The molecule has 3 N–H and O–H groups in total. The van der Waals surface area contributed by atoms with Crippen molar-refractivity contribution in [3.8, 4) is 5.75 Å². The normalized spacial score (nSPS) is 20.1. The first-order chi connectivity index (χ1) is 18.7. The number of halogens is 1. The second-order valence-electron chi connectivity index (χ2n) is 9.95. The summed E-state index contributed by atoms with van der Waals surface area (Å²) in [5, 5.41) is 17.0. The van der Waals surface area contributed by atoms with E-state index < -0.39 is 33.9 Å². The first kappa shape index (κ1) is 30.9. The van der Waals surface area contributed by atoms with Crippen molar-refractivity contribution in [3.63, 3.8) is 0 Å². The van der Waals surface area contributed by atoms with Crippen LogP contribution < -0.4 is 15.4 Å². The van der Waals surface area contributed by atoms with Gasteiger partial charge in [0, 0.05) is 51.1 Å². The van der Waals surface area contributed by atoms with Crippen molar-refractivity contribution in [2.75, 3.05) is 32.0 Å². The number of amides is 1. The Labute approximate surface area is 231 Å². The summed E-state index contributed by atoms with van der Waals surface area (Å²) in [5.74, 6) is -0.916. The second-order valence-corrected chi connectivity index (χ2v) is 12.0. The number of aryl methyl sites for hydroxylation is 1. The minimum absolute atomic E-state index is 0.143. The zero-order valence-electron chi connectivity index (χ0n) is 22.9. The highest BCUT2D eigenvalue weighted by atomic mass is 32.2. The molecule has 0 saturated heterocycles. The number of carbonyl (C=O) groups is 1. The van der Waals surface area contributed by atoms with Gasteiger partial charge < -0.3 is 20.5 Å². The van der Waals surface area contributed by atoms with Gasteiger partial charge in [-0.1, -0.05) is 19.9 Å². The lowest BCUT2D eigenvalue weighted by Crippen LogP contribution is -2.49. The minimum Gasteiger partial charge on any atom is -0.493 e. The largest absolute Gasteiger partial charge is 0.493 e. The molecular formula is C28H41FN4O5S. The van der Waals surface area contributed by atoms with E-state index in [4.69, 9.17) is 4.74 Å². The molecule has 0 unspecified atom stereocenters. The minimum atomic E-state index is -3.62. The average Bonchev–Trinajstić information content (AvgIpc) is 2.90. The van der Waals surface area contributed by atoms with Gasteiger partial charge in [0.15, 0.2) is 0 Å². The molecule has 1 amide bonds. The van der Waals surface area contributed by atoms with Gasteiger partial charge in [-0.3, -0.25) is 9.78 Å². The second kappa shape index (κ2) is 15.3. The van der Waals surface area contributed by atoms with Crippen LogP contribution in [0.15, 0.2) is 36.7 Å². The standard InChI is InChI=1S/C28H41FN4O5S/c1-3-8-33-9-5-6-10-38-25-14-22(13-24(29)16-25)15-26(32-28(35)7-11-39(33,36)37)27(34)20-31-19-23-12-21(4-2)17-30-18-23/h12-14,16-18,26-27,31,34H,3-11,15,19-20H2,1-2H3,(H,32,35)/t26-,27+/m0/s1. The van der Waals surface area contributed by atoms with Gasteiger partial charge in [0.05, 0.1) is 24.5 Å². The number of rotatable bonds is 8. The fraction of sp³-hybridized carbons (Fsp3) is 0.571. The Bertz CT molecular complexity index is 1180. The molecule has 216 valence electrons. The quantitative estimate of drug-likeness (QED) is 0.451. The highest BCUT2D eigenvalue weighted by Gasteiger charge is 2.26. The molecule has 0 radical (unpaired) electrons. The number of sulfonamides is 1. The number of hydrogen-bond acceptors (Lipinski definition) is 7. The first-order valence-electron chi connectivity index (χ1n) is 13.7. The number of nitrogens with one attached hydrogen (secondary N) is 2. The number of carbonyl (C=O) groups excluding carboxylic acids is 1. The summed E-state index contributed by atoms with van der Waals surface area (Å²) in [6, 6.07) is 5.62. The van der Waals surface area contributed by atoms with Crippen molar-refractivity contribution in [2.45, 2.75) is 71.1 Å². The summed E-state index contributed by atoms with van der Waals surface area (Å²) in [4.78, 5) is 17.1. The molecule has 0 saturated carbocycles. The van der Waals surface area contributed by atoms with Crippen molar-refractivity contribution >= 4 is 15.9 Å². The lowest BCUT2D eigenvalue weighted by molar-refractivity contribution is -0.122. The fourth-order valence-electron chi connectivity index (χ4n) is 4.55. The van der Waals surface area contributed by atoms with E-state index >= 15 is 0 Å². The highest BCUT2D eigenvalue weighted by Crippen LogP contribution is 2.20. The van der Waals surface area contributed by atoms with E-state index in [1.807, 2.05) is 26.1 Å². The van der Waals surface area contributed by atoms with E-state index in [1.165, 1.54) is 16.4 Å². The van der Waals surface area contributed by atoms with Crippen LogP contribution in [0.3, 0.4) is 0 Å². The predicted octanol–water partition coefficient (Wildman–Crippen LogP) is 2.57. The number of fused-ring (bicyclic) bond motifs is 2. The molecular weight excluding hydrogens is 523 g/mol. The van der Waals surface area contributed by atoms with Crippen molar-refractivity contribution in [3.05, 3.63) is 59.2 Å². The van der Waals surface area contributed by atoms with Crippen LogP contribution in [0.5, 0.6) is 5.75 Å². The van der Waals surface area contributed by atoms with Gasteiger partial charge in [-0.05, 0) is 60.9 Å². The zero-order chi connectivity index (χ0) is 28.3. The smallest absolute Gasteiger partial charge is 0.221 e. The Morgan fingerprint density at radius 1 is 1.21 bits per heavy atom. The van der Waals surface area contributed by atoms with E-state index in [0.717, 1.165) is 17.5 Å². The third-order valence-corrected chi connectivity index (χ3v) is 8.54. The number of aliphatic hydroxyl groups excluding tert-OH is 1. The maximum absolute atomic E-state index is 14.4. The number of ether oxygens (including phenoxy) is 1. The monoisotopic (exact) mass is 564 g/mol. The number of benzene rings is 1. The summed E-state index contributed by atoms with van der Waals surface area (Å²) >= 11 is 0. The molecule has 1 aliphatic heterocycles. The van der Waals surface area contributed by atoms with E-state index in [2.05, 4.69) is 15.6 Å². The Morgan fingerprint density at radius 2 is 2.00 bits per heavy atom. The van der Waals surface area contributed by atoms with E-state index in [1.54, 1.807) is 12.3 Å². The van der Waals surface area contributed by atoms with E-state index in [-0.39, 0.29) is 25.1 Å². The third-order valence-electron chi connectivity index (χ3n) is 6.66. The van der Waals surface area contributed by atoms with Crippen LogP contribution in [-0.4, -0.2) is 72.9 Å². The van der Waals surface area contributed by atoms with Crippen LogP contribution in [0.4, 0.5) is 4.39 Å². The number of aliphatic hydroxyl groups is 1. The third kappa shape index (κ3) is 10.1. The maximum Gasteiger partial charge on any atom is 0.221 e. The summed E-state index contributed by atoms with van der Waals surface area (Å²) in [5.41, 5.74) is 2.64. The Morgan fingerprint density at radius 3 is 2.77 bits per heavy atom. The number of aromatic nitrogens is 1. The van der Waals surface area contributed by atoms with Gasteiger partial charge in [-0.2, -0.15) is 0 Å². The van der Waals surface area contributed by atoms with Crippen molar-refractivity contribution < 1.29 is 27.4 Å². The van der Waals surface area contributed by atoms with Crippen molar-refractivity contribution in [1.29, 1.82) is 0 Å². The molecule has 0 spiro atoms. The zero-order valence-corrected chi connectivity index (χ0v) is 23.7. The molecule has 3 rings (SSSR count). The molecule has 39 heavy (non-hydrogen) atoms. The van der Waals surface area contributed by atoms with Gasteiger partial charge in [0.25, 0.3) is 0 Å².